The minimum Gasteiger partial charge on any atom is -0.489 e. The van der Waals surface area contributed by atoms with Gasteiger partial charge in [-0.15, -0.1) is 0 Å². The lowest BCUT2D eigenvalue weighted by Crippen LogP contribution is -2.23. The molecule has 0 radical (unpaired) electrons. The van der Waals surface area contributed by atoms with Gasteiger partial charge in [-0.25, -0.2) is 0 Å². The van der Waals surface area contributed by atoms with E-state index in [1.807, 2.05) is 0 Å². The highest BCUT2D eigenvalue weighted by Crippen LogP contribution is 2.32. The third-order valence-electron chi connectivity index (χ3n) is 3.75. The Morgan fingerprint density at radius 2 is 2.00 bits per heavy atom. The van der Waals surface area contributed by atoms with Gasteiger partial charge >= 0.3 is 0 Å². The average Bonchev–Trinajstić information content (AvgIpc) is 2.43. The van der Waals surface area contributed by atoms with Crippen molar-refractivity contribution < 1.29 is 4.74 Å². The SMILES string of the molecule is CC(C)CNCc1cccc(Br)c1OC1CCCCC1. The van der Waals surface area contributed by atoms with Crippen LogP contribution in [-0.2, 0) is 6.54 Å². The fourth-order valence-electron chi connectivity index (χ4n) is 2.67. The lowest BCUT2D eigenvalue weighted by atomic mass is 9.97. The molecule has 0 saturated heterocycles. The molecule has 2 rings (SSSR count). The van der Waals surface area contributed by atoms with Gasteiger partial charge in [-0.1, -0.05) is 32.4 Å². The summed E-state index contributed by atoms with van der Waals surface area (Å²) < 4.78 is 7.36. The van der Waals surface area contributed by atoms with Gasteiger partial charge in [0.25, 0.3) is 0 Å². The van der Waals surface area contributed by atoms with Gasteiger partial charge in [-0.3, -0.25) is 0 Å². The van der Waals surface area contributed by atoms with Crippen molar-refractivity contribution in [3.8, 4) is 5.75 Å². The Hall–Kier alpha value is -0.540. The minimum absolute atomic E-state index is 0.395. The maximum absolute atomic E-state index is 6.29. The van der Waals surface area contributed by atoms with Gasteiger partial charge in [0.05, 0.1) is 10.6 Å². The summed E-state index contributed by atoms with van der Waals surface area (Å²) in [5.74, 6) is 1.71. The Kier molecular flexibility index (Phi) is 6.37. The smallest absolute Gasteiger partial charge is 0.138 e. The molecule has 0 aliphatic heterocycles. The third kappa shape index (κ3) is 4.78. The van der Waals surface area contributed by atoms with Crippen molar-refractivity contribution in [3.05, 3.63) is 28.2 Å². The first-order valence-corrected chi connectivity index (χ1v) is 8.61. The van der Waals surface area contributed by atoms with E-state index in [2.05, 4.69) is 53.3 Å². The minimum atomic E-state index is 0.395. The maximum Gasteiger partial charge on any atom is 0.138 e. The highest BCUT2D eigenvalue weighted by atomic mass is 79.9. The zero-order valence-corrected chi connectivity index (χ0v) is 14.2. The summed E-state index contributed by atoms with van der Waals surface area (Å²) >= 11 is 3.64. The predicted molar refractivity (Wildman–Crippen MR) is 88.2 cm³/mol. The van der Waals surface area contributed by atoms with E-state index < -0.39 is 0 Å². The molecule has 0 spiro atoms. The molecule has 1 aromatic rings. The second-order valence-electron chi connectivity index (χ2n) is 6.13. The summed E-state index contributed by atoms with van der Waals surface area (Å²) in [6.07, 6.45) is 6.75. The zero-order chi connectivity index (χ0) is 14.4. The van der Waals surface area contributed by atoms with Crippen molar-refractivity contribution in [2.24, 2.45) is 5.92 Å². The molecule has 112 valence electrons. The molecule has 1 aliphatic carbocycles. The van der Waals surface area contributed by atoms with Crippen LogP contribution in [0.5, 0.6) is 5.75 Å². The summed E-state index contributed by atoms with van der Waals surface area (Å²) in [4.78, 5) is 0. The molecule has 3 heteroatoms. The largest absolute Gasteiger partial charge is 0.489 e. The standard InChI is InChI=1S/C17H26BrNO/c1-13(2)11-19-12-14-7-6-10-16(18)17(14)20-15-8-4-3-5-9-15/h6-7,10,13,15,19H,3-5,8-9,11-12H2,1-2H3. The van der Waals surface area contributed by atoms with Crippen LogP contribution >= 0.6 is 15.9 Å². The van der Waals surface area contributed by atoms with Crippen LogP contribution in [0.2, 0.25) is 0 Å². The molecular formula is C17H26BrNO. The fraction of sp³-hybridized carbons (Fsp3) is 0.647. The number of halogens is 1. The van der Waals surface area contributed by atoms with Crippen LogP contribution in [0.25, 0.3) is 0 Å². The molecule has 0 aromatic heterocycles. The summed E-state index contributed by atoms with van der Waals surface area (Å²) in [5, 5.41) is 3.51. The van der Waals surface area contributed by atoms with Crippen LogP contribution in [0, 0.1) is 5.92 Å². The van der Waals surface area contributed by atoms with Crippen LogP contribution in [0.4, 0.5) is 0 Å². The van der Waals surface area contributed by atoms with E-state index >= 15 is 0 Å². The summed E-state index contributed by atoms with van der Waals surface area (Å²) in [6, 6.07) is 6.32. The second kappa shape index (κ2) is 8.04. The van der Waals surface area contributed by atoms with E-state index in [-0.39, 0.29) is 0 Å². The normalized spacial score (nSPS) is 16.6. The van der Waals surface area contributed by atoms with Gasteiger partial charge < -0.3 is 10.1 Å². The van der Waals surface area contributed by atoms with E-state index in [0.29, 0.717) is 12.0 Å². The van der Waals surface area contributed by atoms with E-state index in [9.17, 15) is 0 Å². The molecule has 0 bridgehead atoms. The fourth-order valence-corrected chi connectivity index (χ4v) is 3.17. The molecule has 0 unspecified atom stereocenters. The van der Waals surface area contributed by atoms with Crippen molar-refractivity contribution >= 4 is 15.9 Å². The number of hydrogen-bond donors (Lipinski definition) is 1. The molecule has 1 aliphatic rings. The maximum atomic E-state index is 6.29. The van der Waals surface area contributed by atoms with E-state index in [1.54, 1.807) is 0 Å². The molecule has 2 nitrogen and oxygen atoms in total. The lowest BCUT2D eigenvalue weighted by molar-refractivity contribution is 0.152. The Bertz CT molecular complexity index is 413. The van der Waals surface area contributed by atoms with Crippen LogP contribution in [-0.4, -0.2) is 12.6 Å². The Morgan fingerprint density at radius 3 is 2.70 bits per heavy atom. The number of nitrogens with one attached hydrogen (secondary N) is 1. The molecule has 1 saturated carbocycles. The number of rotatable bonds is 6. The zero-order valence-electron chi connectivity index (χ0n) is 12.6. The summed E-state index contributed by atoms with van der Waals surface area (Å²) in [5.41, 5.74) is 1.26. The van der Waals surface area contributed by atoms with Crippen molar-refractivity contribution in [2.45, 2.75) is 58.6 Å². The molecule has 0 atom stereocenters. The Labute approximate surface area is 131 Å². The second-order valence-corrected chi connectivity index (χ2v) is 6.99. The molecule has 1 N–H and O–H groups in total. The van der Waals surface area contributed by atoms with E-state index in [4.69, 9.17) is 4.74 Å². The van der Waals surface area contributed by atoms with Crippen LogP contribution < -0.4 is 10.1 Å². The number of para-hydroxylation sites is 1. The summed E-state index contributed by atoms with van der Waals surface area (Å²) in [7, 11) is 0. The van der Waals surface area contributed by atoms with Gasteiger partial charge in [-0.2, -0.15) is 0 Å². The quantitative estimate of drug-likeness (QED) is 0.795. The van der Waals surface area contributed by atoms with Crippen LogP contribution in [0.3, 0.4) is 0 Å². The first-order chi connectivity index (χ1) is 9.66. The molecule has 0 amide bonds. The first-order valence-electron chi connectivity index (χ1n) is 7.81. The van der Waals surface area contributed by atoms with Crippen molar-refractivity contribution in [1.82, 2.24) is 5.32 Å². The third-order valence-corrected chi connectivity index (χ3v) is 4.38. The predicted octanol–water partition coefficient (Wildman–Crippen LogP) is 4.91. The Balaban J connectivity index is 2.01. The highest BCUT2D eigenvalue weighted by molar-refractivity contribution is 9.10. The van der Waals surface area contributed by atoms with E-state index in [0.717, 1.165) is 23.3 Å². The van der Waals surface area contributed by atoms with Gasteiger partial charge in [0.1, 0.15) is 5.75 Å². The van der Waals surface area contributed by atoms with Gasteiger partial charge in [0, 0.05) is 12.1 Å². The molecular weight excluding hydrogens is 314 g/mol. The van der Waals surface area contributed by atoms with Gasteiger partial charge in [-0.05, 0) is 60.1 Å². The molecule has 1 aromatic carbocycles. The topological polar surface area (TPSA) is 21.3 Å². The molecule has 1 fully saturated rings. The number of benzene rings is 1. The van der Waals surface area contributed by atoms with Crippen molar-refractivity contribution in [1.29, 1.82) is 0 Å². The number of ether oxygens (including phenoxy) is 1. The van der Waals surface area contributed by atoms with Gasteiger partial charge in [0.15, 0.2) is 0 Å². The van der Waals surface area contributed by atoms with Crippen LogP contribution in [0.1, 0.15) is 51.5 Å². The Morgan fingerprint density at radius 1 is 1.25 bits per heavy atom. The van der Waals surface area contributed by atoms with Crippen LogP contribution in [0.15, 0.2) is 22.7 Å². The highest BCUT2D eigenvalue weighted by Gasteiger charge is 2.18. The monoisotopic (exact) mass is 339 g/mol. The lowest BCUT2D eigenvalue weighted by Gasteiger charge is -2.25. The van der Waals surface area contributed by atoms with Gasteiger partial charge in [0.2, 0.25) is 0 Å². The van der Waals surface area contributed by atoms with Crippen molar-refractivity contribution in [3.63, 3.8) is 0 Å². The first kappa shape index (κ1) is 15.8. The van der Waals surface area contributed by atoms with E-state index in [1.165, 1.54) is 37.7 Å². The summed E-state index contributed by atoms with van der Waals surface area (Å²) in [6.45, 7) is 6.37. The molecule has 20 heavy (non-hydrogen) atoms. The number of hydrogen-bond acceptors (Lipinski definition) is 2. The van der Waals surface area contributed by atoms with Crippen molar-refractivity contribution in [2.75, 3.05) is 6.54 Å². The average molecular weight is 340 g/mol. The molecule has 0 heterocycles.